The van der Waals surface area contributed by atoms with Crippen LogP contribution in [0.15, 0.2) is 41.5 Å². The molecule has 0 radical (unpaired) electrons. The Morgan fingerprint density at radius 1 is 1.42 bits per heavy atom. The van der Waals surface area contributed by atoms with Crippen LogP contribution in [0.2, 0.25) is 0 Å². The fourth-order valence-corrected chi connectivity index (χ4v) is 3.83. The van der Waals surface area contributed by atoms with Crippen LogP contribution in [0, 0.1) is 0 Å². The standard InChI is InChI=1S/C20H26N4OS/c1-4-18-13-22-19(26-18)14-23-20(21-2)24-10-8-15(9-11-24)16-6-5-7-17(12-16)25-3/h5-8,12-13H,4,9-11,14H2,1-3H3,(H,21,23). The Labute approximate surface area is 159 Å². The lowest BCUT2D eigenvalue weighted by Crippen LogP contribution is -2.43. The van der Waals surface area contributed by atoms with Gasteiger partial charge in [0, 0.05) is 31.2 Å². The molecule has 0 saturated carbocycles. The maximum Gasteiger partial charge on any atom is 0.194 e. The molecular weight excluding hydrogens is 344 g/mol. The lowest BCUT2D eigenvalue weighted by molar-refractivity contribution is 0.414. The molecule has 2 aromatic rings. The van der Waals surface area contributed by atoms with E-state index in [4.69, 9.17) is 4.74 Å². The molecule has 5 nitrogen and oxygen atoms in total. The van der Waals surface area contributed by atoms with Gasteiger partial charge in [-0.15, -0.1) is 11.3 Å². The highest BCUT2D eigenvalue weighted by Gasteiger charge is 2.16. The van der Waals surface area contributed by atoms with Gasteiger partial charge in [0.25, 0.3) is 0 Å². The zero-order valence-corrected chi connectivity index (χ0v) is 16.5. The van der Waals surface area contributed by atoms with Gasteiger partial charge in [-0.05, 0) is 36.1 Å². The summed E-state index contributed by atoms with van der Waals surface area (Å²) in [4.78, 5) is 12.5. The molecule has 3 rings (SSSR count). The molecule has 6 heteroatoms. The monoisotopic (exact) mass is 370 g/mol. The first-order valence-corrected chi connectivity index (χ1v) is 9.77. The van der Waals surface area contributed by atoms with Crippen molar-refractivity contribution in [2.45, 2.75) is 26.3 Å². The summed E-state index contributed by atoms with van der Waals surface area (Å²) in [7, 11) is 3.54. The van der Waals surface area contributed by atoms with Crippen molar-refractivity contribution in [2.75, 3.05) is 27.2 Å². The highest BCUT2D eigenvalue weighted by Crippen LogP contribution is 2.25. The zero-order valence-electron chi connectivity index (χ0n) is 15.7. The van der Waals surface area contributed by atoms with Crippen molar-refractivity contribution in [1.82, 2.24) is 15.2 Å². The van der Waals surface area contributed by atoms with Crippen molar-refractivity contribution < 1.29 is 4.74 Å². The van der Waals surface area contributed by atoms with E-state index in [1.165, 1.54) is 16.0 Å². The molecule has 1 aromatic carbocycles. The van der Waals surface area contributed by atoms with Gasteiger partial charge in [-0.25, -0.2) is 4.98 Å². The SMILES string of the molecule is CCc1cnc(CNC(=NC)N2CC=C(c3cccc(OC)c3)CC2)s1. The number of aryl methyl sites for hydroxylation is 1. The average Bonchev–Trinajstić information content (AvgIpc) is 3.17. The quantitative estimate of drug-likeness (QED) is 0.646. The van der Waals surface area contributed by atoms with E-state index in [0.717, 1.165) is 49.2 Å². The van der Waals surface area contributed by atoms with Crippen LogP contribution in [0.1, 0.15) is 28.8 Å². The minimum absolute atomic E-state index is 0.723. The number of hydrogen-bond acceptors (Lipinski definition) is 4. The van der Waals surface area contributed by atoms with Crippen LogP contribution in [0.3, 0.4) is 0 Å². The summed E-state index contributed by atoms with van der Waals surface area (Å²) in [6, 6.07) is 8.27. The van der Waals surface area contributed by atoms with E-state index < -0.39 is 0 Å². The molecule has 1 aromatic heterocycles. The number of nitrogens with zero attached hydrogens (tertiary/aromatic N) is 3. The molecule has 2 heterocycles. The van der Waals surface area contributed by atoms with E-state index in [0.29, 0.717) is 0 Å². The van der Waals surface area contributed by atoms with Crippen LogP contribution in [-0.2, 0) is 13.0 Å². The van der Waals surface area contributed by atoms with Gasteiger partial charge >= 0.3 is 0 Å². The molecule has 0 amide bonds. The molecule has 138 valence electrons. The summed E-state index contributed by atoms with van der Waals surface area (Å²) in [5.41, 5.74) is 2.60. The van der Waals surface area contributed by atoms with Gasteiger partial charge in [0.1, 0.15) is 10.8 Å². The average molecular weight is 371 g/mol. The molecule has 0 bridgehead atoms. The number of aromatic nitrogens is 1. The number of rotatable bonds is 5. The first-order chi connectivity index (χ1) is 12.7. The fourth-order valence-electron chi connectivity index (χ4n) is 3.03. The highest BCUT2D eigenvalue weighted by atomic mass is 32.1. The van der Waals surface area contributed by atoms with Gasteiger partial charge in [-0.3, -0.25) is 4.99 Å². The summed E-state index contributed by atoms with van der Waals surface area (Å²) in [6.45, 7) is 4.68. The minimum atomic E-state index is 0.723. The zero-order chi connectivity index (χ0) is 18.4. The summed E-state index contributed by atoms with van der Waals surface area (Å²) >= 11 is 1.76. The third-order valence-corrected chi connectivity index (χ3v) is 5.65. The van der Waals surface area contributed by atoms with Crippen molar-refractivity contribution in [2.24, 2.45) is 4.99 Å². The number of benzene rings is 1. The summed E-state index contributed by atoms with van der Waals surface area (Å²) in [5.74, 6) is 1.83. The molecule has 0 saturated heterocycles. The first-order valence-electron chi connectivity index (χ1n) is 8.96. The predicted molar refractivity (Wildman–Crippen MR) is 109 cm³/mol. The Kier molecular flexibility index (Phi) is 6.28. The lowest BCUT2D eigenvalue weighted by atomic mass is 9.99. The van der Waals surface area contributed by atoms with E-state index in [9.17, 15) is 0 Å². The third-order valence-electron chi connectivity index (χ3n) is 4.51. The van der Waals surface area contributed by atoms with E-state index in [1.807, 2.05) is 25.4 Å². The van der Waals surface area contributed by atoms with Crippen molar-refractivity contribution in [3.05, 3.63) is 52.0 Å². The van der Waals surface area contributed by atoms with Crippen molar-refractivity contribution in [3.8, 4) is 5.75 Å². The summed E-state index contributed by atoms with van der Waals surface area (Å²) in [5, 5.41) is 4.54. The number of aliphatic imine (C=N–C) groups is 1. The maximum absolute atomic E-state index is 5.33. The van der Waals surface area contributed by atoms with E-state index in [2.05, 4.69) is 45.3 Å². The van der Waals surface area contributed by atoms with Crippen LogP contribution in [0.25, 0.3) is 5.57 Å². The number of guanidine groups is 1. The second-order valence-electron chi connectivity index (χ2n) is 6.13. The van der Waals surface area contributed by atoms with Crippen LogP contribution in [-0.4, -0.2) is 43.1 Å². The second kappa shape index (κ2) is 8.85. The lowest BCUT2D eigenvalue weighted by Gasteiger charge is -2.29. The molecule has 26 heavy (non-hydrogen) atoms. The molecule has 1 aliphatic rings. The Bertz CT molecular complexity index is 797. The molecule has 0 aliphatic carbocycles. The molecule has 0 atom stereocenters. The van der Waals surface area contributed by atoms with Gasteiger partial charge in [-0.1, -0.05) is 25.1 Å². The predicted octanol–water partition coefficient (Wildman–Crippen LogP) is 3.58. The Morgan fingerprint density at radius 3 is 2.96 bits per heavy atom. The summed E-state index contributed by atoms with van der Waals surface area (Å²) in [6.07, 6.45) is 6.28. The van der Waals surface area contributed by atoms with Gasteiger partial charge in [-0.2, -0.15) is 0 Å². The van der Waals surface area contributed by atoms with Gasteiger partial charge in [0.2, 0.25) is 0 Å². The van der Waals surface area contributed by atoms with Crippen LogP contribution < -0.4 is 10.1 Å². The summed E-state index contributed by atoms with van der Waals surface area (Å²) < 4.78 is 5.33. The van der Waals surface area contributed by atoms with Crippen LogP contribution in [0.5, 0.6) is 5.75 Å². The van der Waals surface area contributed by atoms with Gasteiger partial charge in [0.05, 0.1) is 13.7 Å². The Hall–Kier alpha value is -2.34. The smallest absolute Gasteiger partial charge is 0.194 e. The van der Waals surface area contributed by atoms with E-state index >= 15 is 0 Å². The molecule has 0 spiro atoms. The normalized spacial score (nSPS) is 15.0. The number of hydrogen-bond donors (Lipinski definition) is 1. The molecule has 0 fully saturated rings. The van der Waals surface area contributed by atoms with Crippen molar-refractivity contribution in [1.29, 1.82) is 0 Å². The second-order valence-corrected chi connectivity index (χ2v) is 7.33. The molecule has 0 unspecified atom stereocenters. The maximum atomic E-state index is 5.33. The number of thiazole rings is 1. The Morgan fingerprint density at radius 2 is 2.31 bits per heavy atom. The fraction of sp³-hybridized carbons (Fsp3) is 0.400. The highest BCUT2D eigenvalue weighted by molar-refractivity contribution is 7.11. The number of nitrogens with one attached hydrogen (secondary N) is 1. The molecule has 1 N–H and O–H groups in total. The first kappa shape index (κ1) is 18.5. The van der Waals surface area contributed by atoms with Crippen molar-refractivity contribution >= 4 is 22.9 Å². The molecule has 1 aliphatic heterocycles. The van der Waals surface area contributed by atoms with Gasteiger partial charge < -0.3 is 15.0 Å². The number of ether oxygens (including phenoxy) is 1. The topological polar surface area (TPSA) is 49.8 Å². The number of methoxy groups -OCH3 is 1. The van der Waals surface area contributed by atoms with E-state index in [-0.39, 0.29) is 0 Å². The molecular formula is C20H26N4OS. The van der Waals surface area contributed by atoms with E-state index in [1.54, 1.807) is 18.4 Å². The van der Waals surface area contributed by atoms with Crippen LogP contribution in [0.4, 0.5) is 0 Å². The van der Waals surface area contributed by atoms with Crippen molar-refractivity contribution in [3.63, 3.8) is 0 Å². The van der Waals surface area contributed by atoms with Crippen LogP contribution >= 0.6 is 11.3 Å². The van der Waals surface area contributed by atoms with Gasteiger partial charge in [0.15, 0.2) is 5.96 Å². The largest absolute Gasteiger partial charge is 0.497 e. The third kappa shape index (κ3) is 4.43. The minimum Gasteiger partial charge on any atom is -0.497 e. The Balaban J connectivity index is 1.60.